The first-order valence-electron chi connectivity index (χ1n) is 8.18. The van der Waals surface area contributed by atoms with Crippen LogP contribution in [0.15, 0.2) is 54.6 Å². The van der Waals surface area contributed by atoms with Gasteiger partial charge in [-0.05, 0) is 36.8 Å². The van der Waals surface area contributed by atoms with Crippen molar-refractivity contribution in [3.8, 4) is 5.75 Å². The Morgan fingerprint density at radius 3 is 2.15 bits per heavy atom. The van der Waals surface area contributed by atoms with Crippen molar-refractivity contribution in [3.63, 3.8) is 0 Å². The molecule has 0 aliphatic rings. The van der Waals surface area contributed by atoms with Gasteiger partial charge in [-0.3, -0.25) is 9.10 Å². The molecule has 140 valence electrons. The van der Waals surface area contributed by atoms with Crippen molar-refractivity contribution in [1.29, 1.82) is 0 Å². The Labute approximate surface area is 155 Å². The first-order valence-corrected chi connectivity index (χ1v) is 10.0. The van der Waals surface area contributed by atoms with Gasteiger partial charge in [-0.15, -0.1) is 0 Å². The number of nitrogens with zero attached hydrogens (tertiary/aromatic N) is 2. The molecular formula is C19H24N2O4S. The average Bonchev–Trinajstić information content (AvgIpc) is 2.61. The molecular weight excluding hydrogens is 352 g/mol. The van der Waals surface area contributed by atoms with Gasteiger partial charge in [0.05, 0.1) is 11.9 Å². The van der Waals surface area contributed by atoms with Crippen molar-refractivity contribution < 1.29 is 17.9 Å². The molecule has 0 N–H and O–H groups in total. The minimum absolute atomic E-state index is 0.133. The van der Waals surface area contributed by atoms with Crippen LogP contribution >= 0.6 is 0 Å². The predicted molar refractivity (Wildman–Crippen MR) is 103 cm³/mol. The lowest BCUT2D eigenvalue weighted by atomic mass is 10.2. The molecule has 1 atom stereocenters. The molecule has 6 nitrogen and oxygen atoms in total. The number of benzene rings is 2. The number of hydrogen-bond donors (Lipinski definition) is 0. The second kappa shape index (κ2) is 8.23. The maximum atomic E-state index is 12.5. The highest BCUT2D eigenvalue weighted by Crippen LogP contribution is 2.21. The Bertz CT molecular complexity index is 836. The molecule has 0 aliphatic heterocycles. The summed E-state index contributed by atoms with van der Waals surface area (Å²) in [5.41, 5.74) is 1.57. The van der Waals surface area contributed by atoms with Crippen LogP contribution < -0.4 is 9.04 Å². The van der Waals surface area contributed by atoms with Crippen molar-refractivity contribution in [3.05, 3.63) is 60.2 Å². The molecule has 26 heavy (non-hydrogen) atoms. The molecule has 7 heteroatoms. The zero-order valence-corrected chi connectivity index (χ0v) is 16.2. The molecule has 0 aliphatic carbocycles. The first kappa shape index (κ1) is 19.8. The molecule has 0 heterocycles. The van der Waals surface area contributed by atoms with Crippen LogP contribution in [0.2, 0.25) is 0 Å². The molecule has 2 aromatic carbocycles. The van der Waals surface area contributed by atoms with E-state index in [9.17, 15) is 13.2 Å². The summed E-state index contributed by atoms with van der Waals surface area (Å²) < 4.78 is 30.0. The minimum atomic E-state index is -3.31. The van der Waals surface area contributed by atoms with Crippen LogP contribution in [0.4, 0.5) is 5.69 Å². The smallest absolute Gasteiger partial charge is 0.263 e. The monoisotopic (exact) mass is 376 g/mol. The van der Waals surface area contributed by atoms with Gasteiger partial charge in [0, 0.05) is 20.6 Å². The van der Waals surface area contributed by atoms with Gasteiger partial charge in [0.15, 0.2) is 6.10 Å². The lowest BCUT2D eigenvalue weighted by molar-refractivity contribution is -0.137. The van der Waals surface area contributed by atoms with Gasteiger partial charge < -0.3 is 9.64 Å². The Hall–Kier alpha value is -2.54. The fourth-order valence-electron chi connectivity index (χ4n) is 2.43. The summed E-state index contributed by atoms with van der Waals surface area (Å²) in [4.78, 5) is 14.1. The highest BCUT2D eigenvalue weighted by molar-refractivity contribution is 7.92. The number of rotatable bonds is 7. The molecule has 0 saturated carbocycles. The highest BCUT2D eigenvalue weighted by Gasteiger charge is 2.19. The molecule has 2 rings (SSSR count). The summed E-state index contributed by atoms with van der Waals surface area (Å²) in [5, 5.41) is 0. The topological polar surface area (TPSA) is 66.9 Å². The number of hydrogen-bond acceptors (Lipinski definition) is 4. The summed E-state index contributed by atoms with van der Waals surface area (Å²) in [6.07, 6.45) is 0.489. The third-order valence-electron chi connectivity index (χ3n) is 4.00. The first-order chi connectivity index (χ1) is 12.2. The van der Waals surface area contributed by atoms with Crippen LogP contribution in [0.1, 0.15) is 12.5 Å². The van der Waals surface area contributed by atoms with Gasteiger partial charge in [-0.2, -0.15) is 0 Å². The van der Waals surface area contributed by atoms with Crippen molar-refractivity contribution in [2.24, 2.45) is 0 Å². The molecule has 0 radical (unpaired) electrons. The Morgan fingerprint density at radius 2 is 1.62 bits per heavy atom. The molecule has 0 spiro atoms. The van der Waals surface area contributed by atoms with Gasteiger partial charge >= 0.3 is 0 Å². The lowest BCUT2D eigenvalue weighted by Gasteiger charge is -2.22. The van der Waals surface area contributed by atoms with E-state index in [4.69, 9.17) is 4.74 Å². The van der Waals surface area contributed by atoms with Crippen molar-refractivity contribution in [2.45, 2.75) is 19.6 Å². The number of amides is 1. The molecule has 0 unspecified atom stereocenters. The summed E-state index contributed by atoms with van der Waals surface area (Å²) in [7, 11) is -0.0970. The lowest BCUT2D eigenvalue weighted by Crippen LogP contribution is -2.37. The standard InChI is InChI=1S/C19H24N2O4S/c1-15(19(22)20(2)14-16-8-6-5-7-9-16)25-18-12-10-17(11-13-18)21(3)26(4,23)24/h5-13,15H,14H2,1-4H3/t15-/m0/s1. The Balaban J connectivity index is 1.98. The number of carbonyl (C=O) groups excluding carboxylic acids is 1. The van der Waals surface area contributed by atoms with Crippen LogP contribution in [0, 0.1) is 0 Å². The molecule has 0 saturated heterocycles. The van der Waals surface area contributed by atoms with E-state index in [1.54, 1.807) is 43.1 Å². The summed E-state index contributed by atoms with van der Waals surface area (Å²) >= 11 is 0. The van der Waals surface area contributed by atoms with Gasteiger partial charge in [0.1, 0.15) is 5.75 Å². The Kier molecular flexibility index (Phi) is 6.26. The highest BCUT2D eigenvalue weighted by atomic mass is 32.2. The van der Waals surface area contributed by atoms with Crippen molar-refractivity contribution in [1.82, 2.24) is 4.90 Å². The van der Waals surface area contributed by atoms with Crippen molar-refractivity contribution in [2.75, 3.05) is 24.7 Å². The summed E-state index contributed by atoms with van der Waals surface area (Å²) in [6.45, 7) is 2.20. The zero-order chi connectivity index (χ0) is 19.3. The third kappa shape index (κ3) is 5.23. The van der Waals surface area contributed by atoms with E-state index < -0.39 is 16.1 Å². The van der Waals surface area contributed by atoms with Crippen LogP contribution in [0.5, 0.6) is 5.75 Å². The molecule has 0 bridgehead atoms. The van der Waals surface area contributed by atoms with Crippen LogP contribution in [-0.4, -0.2) is 45.7 Å². The molecule has 0 aromatic heterocycles. The molecule has 0 fully saturated rings. The van der Waals surface area contributed by atoms with E-state index in [0.29, 0.717) is 18.0 Å². The van der Waals surface area contributed by atoms with Crippen LogP contribution in [0.3, 0.4) is 0 Å². The largest absolute Gasteiger partial charge is 0.481 e. The van der Waals surface area contributed by atoms with Crippen molar-refractivity contribution >= 4 is 21.6 Å². The fraction of sp³-hybridized carbons (Fsp3) is 0.316. The summed E-state index contributed by atoms with van der Waals surface area (Å²) in [6, 6.07) is 16.3. The van der Waals surface area contributed by atoms with Gasteiger partial charge in [0.2, 0.25) is 10.0 Å². The van der Waals surface area contributed by atoms with Gasteiger partial charge in [-0.1, -0.05) is 30.3 Å². The number of carbonyl (C=O) groups is 1. The van der Waals surface area contributed by atoms with Gasteiger partial charge in [-0.25, -0.2) is 8.42 Å². The van der Waals surface area contributed by atoms with Gasteiger partial charge in [0.25, 0.3) is 5.91 Å². The predicted octanol–water partition coefficient (Wildman–Crippen LogP) is 2.51. The second-order valence-corrected chi connectivity index (χ2v) is 8.18. The minimum Gasteiger partial charge on any atom is -0.481 e. The SMILES string of the molecule is C[C@H](Oc1ccc(N(C)S(C)(=O)=O)cc1)C(=O)N(C)Cc1ccccc1. The average molecular weight is 376 g/mol. The number of likely N-dealkylation sites (N-methyl/N-ethyl adjacent to an activating group) is 1. The molecule has 2 aromatic rings. The second-order valence-electron chi connectivity index (χ2n) is 6.16. The van der Waals surface area contributed by atoms with E-state index in [1.807, 2.05) is 30.3 Å². The maximum Gasteiger partial charge on any atom is 0.263 e. The number of sulfonamides is 1. The van der Waals surface area contributed by atoms with E-state index >= 15 is 0 Å². The zero-order valence-electron chi connectivity index (χ0n) is 15.4. The quantitative estimate of drug-likeness (QED) is 0.745. The molecule has 1 amide bonds. The van der Waals surface area contributed by atoms with Crippen LogP contribution in [0.25, 0.3) is 0 Å². The number of ether oxygens (including phenoxy) is 1. The van der Waals surface area contributed by atoms with E-state index in [1.165, 1.54) is 11.4 Å². The van der Waals surface area contributed by atoms with E-state index in [0.717, 1.165) is 11.8 Å². The van der Waals surface area contributed by atoms with E-state index in [2.05, 4.69) is 0 Å². The van der Waals surface area contributed by atoms with Crippen LogP contribution in [-0.2, 0) is 21.4 Å². The number of anilines is 1. The maximum absolute atomic E-state index is 12.5. The Morgan fingerprint density at radius 1 is 1.04 bits per heavy atom. The normalized spacial score (nSPS) is 12.3. The van der Waals surface area contributed by atoms with E-state index in [-0.39, 0.29) is 5.91 Å². The fourth-order valence-corrected chi connectivity index (χ4v) is 2.93. The summed E-state index contributed by atoms with van der Waals surface area (Å²) in [5.74, 6) is 0.371. The third-order valence-corrected chi connectivity index (χ3v) is 5.20.